The minimum absolute atomic E-state index is 0.121. The zero-order chi connectivity index (χ0) is 17.9. The van der Waals surface area contributed by atoms with E-state index in [9.17, 15) is 9.59 Å². The second-order valence-electron chi connectivity index (χ2n) is 7.03. The van der Waals surface area contributed by atoms with Crippen molar-refractivity contribution >= 4 is 11.9 Å². The van der Waals surface area contributed by atoms with Crippen molar-refractivity contribution in [3.05, 3.63) is 35.9 Å². The normalized spacial score (nSPS) is 25.5. The molecule has 0 aromatic heterocycles. The lowest BCUT2D eigenvalue weighted by atomic mass is 10.0. The highest BCUT2D eigenvalue weighted by atomic mass is 16.5. The lowest BCUT2D eigenvalue weighted by molar-refractivity contribution is -0.133. The van der Waals surface area contributed by atoms with E-state index in [1.54, 1.807) is 4.90 Å². The standard InChI is InChI=1S/C19H25N3O4/c23-18-17-14-26-11-8-21(17)19(24)22(18)16(12-15-4-2-1-3-5-15)13-20-6-9-25-10-7-20/h1-5,16-17H,6-14H2/t16-,17-/m0/s1. The first kappa shape index (κ1) is 17.5. The number of rotatable bonds is 5. The van der Waals surface area contributed by atoms with Crippen LogP contribution in [0, 0.1) is 0 Å². The third kappa shape index (κ3) is 3.47. The monoisotopic (exact) mass is 359 g/mol. The van der Waals surface area contributed by atoms with Crippen LogP contribution in [-0.2, 0) is 20.7 Å². The first-order valence-electron chi connectivity index (χ1n) is 9.29. The molecule has 0 radical (unpaired) electrons. The molecule has 1 aromatic rings. The predicted octanol–water partition coefficient (Wildman–Crippen LogP) is 0.593. The van der Waals surface area contributed by atoms with Gasteiger partial charge in [0.2, 0.25) is 0 Å². The van der Waals surface area contributed by atoms with Gasteiger partial charge < -0.3 is 14.4 Å². The zero-order valence-electron chi connectivity index (χ0n) is 14.9. The van der Waals surface area contributed by atoms with Crippen LogP contribution in [0.1, 0.15) is 5.56 Å². The smallest absolute Gasteiger partial charge is 0.327 e. The van der Waals surface area contributed by atoms with E-state index in [4.69, 9.17) is 9.47 Å². The lowest BCUT2D eigenvalue weighted by Crippen LogP contribution is -2.51. The number of nitrogens with zero attached hydrogens (tertiary/aromatic N) is 3. The molecule has 4 rings (SSSR count). The van der Waals surface area contributed by atoms with Gasteiger partial charge in [0.1, 0.15) is 6.04 Å². The maximum Gasteiger partial charge on any atom is 0.327 e. The first-order chi connectivity index (χ1) is 12.7. The molecule has 7 heteroatoms. The molecule has 0 saturated carbocycles. The van der Waals surface area contributed by atoms with Gasteiger partial charge in [0, 0.05) is 26.2 Å². The number of carbonyl (C=O) groups excluding carboxylic acids is 2. The number of amides is 3. The molecule has 1 aromatic carbocycles. The van der Waals surface area contributed by atoms with E-state index in [2.05, 4.69) is 4.90 Å². The van der Waals surface area contributed by atoms with Crippen molar-refractivity contribution in [2.45, 2.75) is 18.5 Å². The van der Waals surface area contributed by atoms with Crippen LogP contribution < -0.4 is 0 Å². The molecule has 3 aliphatic heterocycles. The van der Waals surface area contributed by atoms with Gasteiger partial charge in [-0.3, -0.25) is 14.6 Å². The summed E-state index contributed by atoms with van der Waals surface area (Å²) in [5, 5.41) is 0. The zero-order valence-corrected chi connectivity index (χ0v) is 14.9. The highest BCUT2D eigenvalue weighted by Gasteiger charge is 2.49. The Hall–Kier alpha value is -1.96. The second-order valence-corrected chi connectivity index (χ2v) is 7.03. The van der Waals surface area contributed by atoms with Crippen molar-refractivity contribution in [3.8, 4) is 0 Å². The van der Waals surface area contributed by atoms with Gasteiger partial charge >= 0.3 is 6.03 Å². The van der Waals surface area contributed by atoms with Crippen LogP contribution >= 0.6 is 0 Å². The van der Waals surface area contributed by atoms with Gasteiger partial charge in [-0.05, 0) is 12.0 Å². The van der Waals surface area contributed by atoms with E-state index in [0.717, 1.165) is 18.7 Å². The summed E-state index contributed by atoms with van der Waals surface area (Å²) in [5.41, 5.74) is 1.13. The Labute approximate surface area is 153 Å². The van der Waals surface area contributed by atoms with Crippen molar-refractivity contribution in [3.63, 3.8) is 0 Å². The fourth-order valence-corrected chi connectivity index (χ4v) is 3.97. The number of ether oxygens (including phenoxy) is 2. The highest BCUT2D eigenvalue weighted by molar-refractivity contribution is 6.04. The molecule has 0 aliphatic carbocycles. The van der Waals surface area contributed by atoms with E-state index in [-0.39, 0.29) is 18.0 Å². The Morgan fingerprint density at radius 1 is 1.00 bits per heavy atom. The average Bonchev–Trinajstić information content (AvgIpc) is 2.94. The first-order valence-corrected chi connectivity index (χ1v) is 9.29. The highest BCUT2D eigenvalue weighted by Crippen LogP contribution is 2.25. The number of imide groups is 1. The lowest BCUT2D eigenvalue weighted by Gasteiger charge is -2.34. The maximum absolute atomic E-state index is 13.0. The number of morpholine rings is 2. The molecular formula is C19H25N3O4. The molecule has 140 valence electrons. The molecular weight excluding hydrogens is 334 g/mol. The number of carbonyl (C=O) groups is 2. The van der Waals surface area contributed by atoms with Crippen LogP contribution in [0.4, 0.5) is 4.79 Å². The summed E-state index contributed by atoms with van der Waals surface area (Å²) >= 11 is 0. The topological polar surface area (TPSA) is 62.3 Å². The Morgan fingerprint density at radius 3 is 2.46 bits per heavy atom. The average molecular weight is 359 g/mol. The predicted molar refractivity (Wildman–Crippen MR) is 94.7 cm³/mol. The molecule has 0 N–H and O–H groups in total. The summed E-state index contributed by atoms with van der Waals surface area (Å²) < 4.78 is 10.9. The molecule has 3 amide bonds. The fourth-order valence-electron chi connectivity index (χ4n) is 3.97. The fraction of sp³-hybridized carbons (Fsp3) is 0.579. The van der Waals surface area contributed by atoms with Gasteiger partial charge in [-0.2, -0.15) is 0 Å². The van der Waals surface area contributed by atoms with Gasteiger partial charge in [-0.15, -0.1) is 0 Å². The van der Waals surface area contributed by atoms with Crippen LogP contribution in [0.15, 0.2) is 30.3 Å². The van der Waals surface area contributed by atoms with Crippen LogP contribution in [0.25, 0.3) is 0 Å². The summed E-state index contributed by atoms with van der Waals surface area (Å²) in [5.74, 6) is -0.121. The molecule has 3 fully saturated rings. The van der Waals surface area contributed by atoms with Crippen molar-refractivity contribution in [2.75, 3.05) is 52.6 Å². The van der Waals surface area contributed by atoms with Gasteiger partial charge in [-0.25, -0.2) is 4.79 Å². The Bertz CT molecular complexity index is 623. The Kier molecular flexibility index (Phi) is 5.19. The van der Waals surface area contributed by atoms with Gasteiger partial charge in [0.05, 0.1) is 32.5 Å². The van der Waals surface area contributed by atoms with Gasteiger partial charge in [0.15, 0.2) is 0 Å². The molecule has 0 unspecified atom stereocenters. The Balaban J connectivity index is 1.56. The van der Waals surface area contributed by atoms with Crippen LogP contribution in [0.5, 0.6) is 0 Å². The number of benzene rings is 1. The van der Waals surface area contributed by atoms with Crippen LogP contribution in [0.2, 0.25) is 0 Å². The largest absolute Gasteiger partial charge is 0.379 e. The Morgan fingerprint density at radius 2 is 1.73 bits per heavy atom. The molecule has 0 bridgehead atoms. The molecule has 3 saturated heterocycles. The number of hydrogen-bond donors (Lipinski definition) is 0. The molecule has 7 nitrogen and oxygen atoms in total. The quantitative estimate of drug-likeness (QED) is 0.721. The van der Waals surface area contributed by atoms with Crippen LogP contribution in [-0.4, -0.2) is 91.3 Å². The molecule has 2 atom stereocenters. The van der Waals surface area contributed by atoms with E-state index < -0.39 is 6.04 Å². The van der Waals surface area contributed by atoms with Crippen molar-refractivity contribution in [1.29, 1.82) is 0 Å². The number of fused-ring (bicyclic) bond motifs is 1. The summed E-state index contributed by atoms with van der Waals surface area (Å²) in [6.07, 6.45) is 0.664. The molecule has 3 heterocycles. The summed E-state index contributed by atoms with van der Waals surface area (Å²) in [6.45, 7) is 5.02. The summed E-state index contributed by atoms with van der Waals surface area (Å²) in [7, 11) is 0. The summed E-state index contributed by atoms with van der Waals surface area (Å²) in [4.78, 5) is 31.4. The second kappa shape index (κ2) is 7.73. The van der Waals surface area contributed by atoms with E-state index in [0.29, 0.717) is 45.9 Å². The maximum atomic E-state index is 13.0. The van der Waals surface area contributed by atoms with E-state index >= 15 is 0 Å². The van der Waals surface area contributed by atoms with Gasteiger partial charge in [0.25, 0.3) is 5.91 Å². The molecule has 0 spiro atoms. The molecule has 26 heavy (non-hydrogen) atoms. The third-order valence-electron chi connectivity index (χ3n) is 5.35. The minimum atomic E-state index is -0.459. The van der Waals surface area contributed by atoms with Crippen molar-refractivity contribution < 1.29 is 19.1 Å². The van der Waals surface area contributed by atoms with Crippen molar-refractivity contribution in [1.82, 2.24) is 14.7 Å². The summed E-state index contributed by atoms with van der Waals surface area (Å²) in [6, 6.07) is 9.25. The van der Waals surface area contributed by atoms with Gasteiger partial charge in [-0.1, -0.05) is 30.3 Å². The van der Waals surface area contributed by atoms with Crippen LogP contribution in [0.3, 0.4) is 0 Å². The van der Waals surface area contributed by atoms with Crippen molar-refractivity contribution in [2.24, 2.45) is 0 Å². The number of urea groups is 1. The van der Waals surface area contributed by atoms with E-state index in [1.165, 1.54) is 4.90 Å². The third-order valence-corrected chi connectivity index (χ3v) is 5.35. The molecule has 3 aliphatic rings. The minimum Gasteiger partial charge on any atom is -0.379 e. The SMILES string of the molecule is O=C1[C@@H]2COCCN2C(=O)N1[C@@H](Cc1ccccc1)CN1CCOCC1. The number of hydrogen-bond acceptors (Lipinski definition) is 5. The van der Waals surface area contributed by atoms with E-state index in [1.807, 2.05) is 30.3 Å².